The lowest BCUT2D eigenvalue weighted by molar-refractivity contribution is 0.446. The Balaban J connectivity index is 3.00. The highest BCUT2D eigenvalue weighted by Crippen LogP contribution is 2.29. The first-order valence-corrected chi connectivity index (χ1v) is 5.83. The first-order valence-electron chi connectivity index (χ1n) is 5.04. The van der Waals surface area contributed by atoms with Crippen LogP contribution in [0.15, 0.2) is 22.7 Å². The van der Waals surface area contributed by atoms with E-state index in [0.717, 1.165) is 22.9 Å². The molecular formula is C12H16BrF. The average Bonchev–Trinajstić information content (AvgIpc) is 2.20. The van der Waals surface area contributed by atoms with Crippen LogP contribution in [0.3, 0.4) is 0 Å². The number of hydrogen-bond donors (Lipinski definition) is 0. The van der Waals surface area contributed by atoms with Crippen molar-refractivity contribution < 1.29 is 4.39 Å². The van der Waals surface area contributed by atoms with E-state index in [-0.39, 0.29) is 12.6 Å². The Kier molecular flexibility index (Phi) is 4.59. The van der Waals surface area contributed by atoms with E-state index in [9.17, 15) is 4.39 Å². The Labute approximate surface area is 93.7 Å². The molecule has 0 aliphatic rings. The Hall–Kier alpha value is -0.370. The summed E-state index contributed by atoms with van der Waals surface area (Å²) in [5, 5.41) is 0. The van der Waals surface area contributed by atoms with E-state index < -0.39 is 0 Å². The predicted molar refractivity (Wildman–Crippen MR) is 62.5 cm³/mol. The molecule has 1 atom stereocenters. The molecule has 0 saturated heterocycles. The van der Waals surface area contributed by atoms with Crippen molar-refractivity contribution in [3.63, 3.8) is 0 Å². The highest BCUT2D eigenvalue weighted by Gasteiger charge is 2.11. The van der Waals surface area contributed by atoms with Crippen molar-refractivity contribution in [3.05, 3.63) is 33.8 Å². The molecule has 2 heteroatoms. The van der Waals surface area contributed by atoms with Crippen LogP contribution in [-0.4, -0.2) is 6.67 Å². The molecule has 78 valence electrons. The lowest BCUT2D eigenvalue weighted by Crippen LogP contribution is -1.99. The SMILES string of the molecule is CCCc1cccc(C(C)CF)c1Br. The normalized spacial score (nSPS) is 12.9. The maximum atomic E-state index is 12.5. The maximum absolute atomic E-state index is 12.5. The smallest absolute Gasteiger partial charge is 0.0960 e. The van der Waals surface area contributed by atoms with Gasteiger partial charge in [0.15, 0.2) is 0 Å². The largest absolute Gasteiger partial charge is 0.250 e. The number of benzene rings is 1. The van der Waals surface area contributed by atoms with Crippen LogP contribution in [0.2, 0.25) is 0 Å². The Morgan fingerprint density at radius 2 is 2.14 bits per heavy atom. The molecule has 1 rings (SSSR count). The number of hydrogen-bond acceptors (Lipinski definition) is 0. The van der Waals surface area contributed by atoms with Crippen LogP contribution in [0, 0.1) is 0 Å². The minimum Gasteiger partial charge on any atom is -0.250 e. The fourth-order valence-corrected chi connectivity index (χ4v) is 2.38. The van der Waals surface area contributed by atoms with Crippen LogP contribution in [0.1, 0.15) is 37.3 Å². The second kappa shape index (κ2) is 5.50. The molecule has 0 bridgehead atoms. The molecular weight excluding hydrogens is 243 g/mol. The van der Waals surface area contributed by atoms with E-state index in [0.29, 0.717) is 0 Å². The lowest BCUT2D eigenvalue weighted by atomic mass is 9.99. The van der Waals surface area contributed by atoms with Gasteiger partial charge in [0, 0.05) is 10.4 Å². The summed E-state index contributed by atoms with van der Waals surface area (Å²) in [4.78, 5) is 0. The van der Waals surface area contributed by atoms with Gasteiger partial charge in [0.05, 0.1) is 6.67 Å². The fraction of sp³-hybridized carbons (Fsp3) is 0.500. The van der Waals surface area contributed by atoms with Gasteiger partial charge in [0.1, 0.15) is 0 Å². The second-order valence-corrected chi connectivity index (χ2v) is 4.42. The molecule has 0 fully saturated rings. The van der Waals surface area contributed by atoms with Crippen molar-refractivity contribution in [2.24, 2.45) is 0 Å². The second-order valence-electron chi connectivity index (χ2n) is 3.63. The Morgan fingerprint density at radius 1 is 1.43 bits per heavy atom. The fourth-order valence-electron chi connectivity index (χ4n) is 1.53. The van der Waals surface area contributed by atoms with Crippen molar-refractivity contribution in [1.82, 2.24) is 0 Å². The molecule has 0 saturated carbocycles. The van der Waals surface area contributed by atoms with E-state index >= 15 is 0 Å². The molecule has 0 N–H and O–H groups in total. The molecule has 0 aliphatic carbocycles. The third kappa shape index (κ3) is 2.57. The van der Waals surface area contributed by atoms with Gasteiger partial charge in [-0.3, -0.25) is 4.39 Å². The molecule has 0 amide bonds. The molecule has 14 heavy (non-hydrogen) atoms. The van der Waals surface area contributed by atoms with Crippen LogP contribution in [0.4, 0.5) is 4.39 Å². The van der Waals surface area contributed by atoms with Crippen LogP contribution in [-0.2, 0) is 6.42 Å². The summed E-state index contributed by atoms with van der Waals surface area (Å²) in [6, 6.07) is 6.10. The Bertz CT molecular complexity index is 296. The monoisotopic (exact) mass is 258 g/mol. The van der Waals surface area contributed by atoms with Gasteiger partial charge in [-0.15, -0.1) is 0 Å². The highest BCUT2D eigenvalue weighted by atomic mass is 79.9. The van der Waals surface area contributed by atoms with Crippen LogP contribution >= 0.6 is 15.9 Å². The summed E-state index contributed by atoms with van der Waals surface area (Å²) in [5.74, 6) is -0.0128. The molecule has 1 aromatic carbocycles. The molecule has 0 heterocycles. The summed E-state index contributed by atoms with van der Waals surface area (Å²) in [7, 11) is 0. The molecule has 1 aromatic rings. The zero-order valence-corrected chi connectivity index (χ0v) is 10.3. The molecule has 0 nitrogen and oxygen atoms in total. The minimum absolute atomic E-state index is 0.0128. The number of rotatable bonds is 4. The van der Waals surface area contributed by atoms with Crippen molar-refractivity contribution in [3.8, 4) is 0 Å². The van der Waals surface area contributed by atoms with Crippen LogP contribution < -0.4 is 0 Å². The van der Waals surface area contributed by atoms with Gasteiger partial charge in [-0.1, -0.05) is 54.4 Å². The van der Waals surface area contributed by atoms with Gasteiger partial charge in [-0.05, 0) is 17.5 Å². The summed E-state index contributed by atoms with van der Waals surface area (Å²) < 4.78 is 13.6. The van der Waals surface area contributed by atoms with E-state index in [1.165, 1.54) is 5.56 Å². The third-order valence-electron chi connectivity index (χ3n) is 2.39. The molecule has 0 aromatic heterocycles. The van der Waals surface area contributed by atoms with E-state index in [2.05, 4.69) is 28.9 Å². The Morgan fingerprint density at radius 3 is 2.71 bits per heavy atom. The topological polar surface area (TPSA) is 0 Å². The van der Waals surface area contributed by atoms with Gasteiger partial charge < -0.3 is 0 Å². The lowest BCUT2D eigenvalue weighted by Gasteiger charge is -2.12. The van der Waals surface area contributed by atoms with E-state index in [1.807, 2.05) is 19.1 Å². The zero-order valence-electron chi connectivity index (χ0n) is 8.69. The maximum Gasteiger partial charge on any atom is 0.0960 e. The van der Waals surface area contributed by atoms with Gasteiger partial charge >= 0.3 is 0 Å². The van der Waals surface area contributed by atoms with Gasteiger partial charge in [0.2, 0.25) is 0 Å². The van der Waals surface area contributed by atoms with Crippen molar-refractivity contribution in [2.75, 3.05) is 6.67 Å². The summed E-state index contributed by atoms with van der Waals surface area (Å²) in [5.41, 5.74) is 2.36. The van der Waals surface area contributed by atoms with Gasteiger partial charge in [-0.25, -0.2) is 0 Å². The quantitative estimate of drug-likeness (QED) is 0.748. The number of alkyl halides is 1. The summed E-state index contributed by atoms with van der Waals surface area (Å²) >= 11 is 3.56. The van der Waals surface area contributed by atoms with Crippen molar-refractivity contribution in [1.29, 1.82) is 0 Å². The van der Waals surface area contributed by atoms with Crippen molar-refractivity contribution >= 4 is 15.9 Å². The number of aryl methyl sites for hydroxylation is 1. The zero-order chi connectivity index (χ0) is 10.6. The summed E-state index contributed by atoms with van der Waals surface area (Å²) in [6.07, 6.45) is 2.17. The average molecular weight is 259 g/mol. The molecule has 0 radical (unpaired) electrons. The first-order chi connectivity index (χ1) is 6.70. The van der Waals surface area contributed by atoms with Gasteiger partial charge in [0.25, 0.3) is 0 Å². The third-order valence-corrected chi connectivity index (χ3v) is 3.36. The van der Waals surface area contributed by atoms with E-state index in [4.69, 9.17) is 0 Å². The summed E-state index contributed by atoms with van der Waals surface area (Å²) in [6.45, 7) is 3.77. The number of halogens is 2. The standard InChI is InChI=1S/C12H16BrF/c1-3-5-10-6-4-7-11(12(10)13)9(2)8-14/h4,6-7,9H,3,5,8H2,1-2H3. The molecule has 0 spiro atoms. The van der Waals surface area contributed by atoms with E-state index in [1.54, 1.807) is 0 Å². The first kappa shape index (κ1) is 11.7. The van der Waals surface area contributed by atoms with Crippen molar-refractivity contribution in [2.45, 2.75) is 32.6 Å². The molecule has 0 aliphatic heterocycles. The molecule has 1 unspecified atom stereocenters. The van der Waals surface area contributed by atoms with Gasteiger partial charge in [-0.2, -0.15) is 0 Å². The van der Waals surface area contributed by atoms with Crippen LogP contribution in [0.5, 0.6) is 0 Å². The highest BCUT2D eigenvalue weighted by molar-refractivity contribution is 9.10. The minimum atomic E-state index is -0.297. The van der Waals surface area contributed by atoms with Crippen LogP contribution in [0.25, 0.3) is 0 Å². The predicted octanol–water partition coefficient (Wildman–Crippen LogP) is 4.47.